The molecule has 0 saturated heterocycles. The van der Waals surface area contributed by atoms with Crippen molar-refractivity contribution >= 4 is 34.2 Å². The fraction of sp³-hybridized carbons (Fsp3) is 0.118. The number of alkyl halides is 3. The Morgan fingerprint density at radius 1 is 1.15 bits per heavy atom. The molecule has 2 aromatic carbocycles. The van der Waals surface area contributed by atoms with E-state index in [2.05, 4.69) is 10.3 Å². The van der Waals surface area contributed by atoms with Crippen LogP contribution < -0.4 is 16.4 Å². The Morgan fingerprint density at radius 3 is 2.56 bits per heavy atom. The SMILES string of the molecule is O=C(Cn1c(=O)c(=O)[nH]c2ccccc21)Nc1cc(C(F)(F)F)ccc1Cl. The van der Waals surface area contributed by atoms with Gasteiger partial charge in [-0.3, -0.25) is 19.0 Å². The number of para-hydroxylation sites is 2. The zero-order valence-corrected chi connectivity index (χ0v) is 14.2. The number of carbonyl (C=O) groups is 1. The largest absolute Gasteiger partial charge is 0.416 e. The van der Waals surface area contributed by atoms with E-state index >= 15 is 0 Å². The van der Waals surface area contributed by atoms with E-state index in [0.29, 0.717) is 17.1 Å². The van der Waals surface area contributed by atoms with E-state index in [1.165, 1.54) is 6.07 Å². The van der Waals surface area contributed by atoms with Crippen LogP contribution in [0.25, 0.3) is 11.0 Å². The van der Waals surface area contributed by atoms with Gasteiger partial charge in [0.15, 0.2) is 0 Å². The molecule has 10 heteroatoms. The van der Waals surface area contributed by atoms with Gasteiger partial charge in [0.1, 0.15) is 6.54 Å². The minimum atomic E-state index is -4.61. The summed E-state index contributed by atoms with van der Waals surface area (Å²) in [6, 6.07) is 8.81. The summed E-state index contributed by atoms with van der Waals surface area (Å²) in [4.78, 5) is 38.5. The maximum atomic E-state index is 12.8. The van der Waals surface area contributed by atoms with Gasteiger partial charge >= 0.3 is 17.3 Å². The maximum absolute atomic E-state index is 12.8. The lowest BCUT2D eigenvalue weighted by Crippen LogP contribution is -2.38. The van der Waals surface area contributed by atoms with Crippen molar-refractivity contribution in [3.63, 3.8) is 0 Å². The van der Waals surface area contributed by atoms with Crippen LogP contribution in [0.15, 0.2) is 52.1 Å². The van der Waals surface area contributed by atoms with E-state index in [1.807, 2.05) is 0 Å². The molecule has 0 aliphatic heterocycles. The molecule has 0 aliphatic carbocycles. The molecule has 2 N–H and O–H groups in total. The molecule has 0 spiro atoms. The highest BCUT2D eigenvalue weighted by molar-refractivity contribution is 6.33. The van der Waals surface area contributed by atoms with Crippen LogP contribution in [0.2, 0.25) is 5.02 Å². The lowest BCUT2D eigenvalue weighted by atomic mass is 10.2. The first-order valence-corrected chi connectivity index (χ1v) is 7.93. The summed E-state index contributed by atoms with van der Waals surface area (Å²) >= 11 is 5.84. The van der Waals surface area contributed by atoms with Crippen molar-refractivity contribution < 1.29 is 18.0 Å². The Labute approximate surface area is 154 Å². The molecule has 0 radical (unpaired) electrons. The Kier molecular flexibility index (Phi) is 4.79. The van der Waals surface area contributed by atoms with Gasteiger partial charge in [-0.15, -0.1) is 0 Å². The summed E-state index contributed by atoms with van der Waals surface area (Å²) in [5.41, 5.74) is -2.48. The average Bonchev–Trinajstić information content (AvgIpc) is 2.60. The van der Waals surface area contributed by atoms with Crippen molar-refractivity contribution in [1.29, 1.82) is 0 Å². The number of amides is 1. The second-order valence-electron chi connectivity index (χ2n) is 5.60. The molecule has 0 unspecified atom stereocenters. The van der Waals surface area contributed by atoms with Crippen LogP contribution in [-0.2, 0) is 17.5 Å². The van der Waals surface area contributed by atoms with Crippen molar-refractivity contribution in [2.24, 2.45) is 0 Å². The van der Waals surface area contributed by atoms with Gasteiger partial charge in [0.2, 0.25) is 5.91 Å². The van der Waals surface area contributed by atoms with Crippen LogP contribution in [0.4, 0.5) is 18.9 Å². The first-order valence-electron chi connectivity index (χ1n) is 7.55. The molecule has 1 amide bonds. The first-order chi connectivity index (χ1) is 12.7. The number of aromatic amines is 1. The number of anilines is 1. The second kappa shape index (κ2) is 6.92. The quantitative estimate of drug-likeness (QED) is 0.666. The van der Waals surface area contributed by atoms with Crippen molar-refractivity contribution in [2.75, 3.05) is 5.32 Å². The Hall–Kier alpha value is -3.07. The minimum absolute atomic E-state index is 0.0977. The molecular weight excluding hydrogens is 387 g/mol. The standard InChI is InChI=1S/C17H11ClF3N3O3/c18-10-6-5-9(17(19,20)21)7-12(10)22-14(25)8-24-13-4-2-1-3-11(13)23-15(26)16(24)27/h1-7H,8H2,(H,22,25)(H,23,26). The number of nitrogens with zero attached hydrogens (tertiary/aromatic N) is 1. The molecule has 0 aliphatic rings. The number of carbonyl (C=O) groups excluding carboxylic acids is 1. The average molecular weight is 398 g/mol. The molecule has 27 heavy (non-hydrogen) atoms. The van der Waals surface area contributed by atoms with Gasteiger partial charge in [-0.25, -0.2) is 0 Å². The molecule has 3 aromatic rings. The van der Waals surface area contributed by atoms with Crippen molar-refractivity contribution in [3.8, 4) is 0 Å². The van der Waals surface area contributed by atoms with Crippen LogP contribution in [0.3, 0.4) is 0 Å². The molecule has 1 heterocycles. The molecular formula is C17H11ClF3N3O3. The molecule has 6 nitrogen and oxygen atoms in total. The molecule has 0 saturated carbocycles. The zero-order chi connectivity index (χ0) is 19.8. The monoisotopic (exact) mass is 397 g/mol. The molecule has 0 fully saturated rings. The number of rotatable bonds is 3. The lowest BCUT2D eigenvalue weighted by molar-refractivity contribution is -0.137. The van der Waals surface area contributed by atoms with Crippen LogP contribution in [0.1, 0.15) is 5.56 Å². The molecule has 0 bridgehead atoms. The molecule has 3 rings (SSSR count). The molecule has 0 atom stereocenters. The summed E-state index contributed by atoms with van der Waals surface area (Å²) in [6.45, 7) is -0.574. The van der Waals surface area contributed by atoms with Crippen LogP contribution in [0, 0.1) is 0 Å². The minimum Gasteiger partial charge on any atom is -0.323 e. The van der Waals surface area contributed by atoms with E-state index in [0.717, 1.165) is 16.7 Å². The lowest BCUT2D eigenvalue weighted by Gasteiger charge is -2.13. The van der Waals surface area contributed by atoms with Gasteiger partial charge in [0, 0.05) is 0 Å². The third-order valence-electron chi connectivity index (χ3n) is 3.75. The fourth-order valence-electron chi connectivity index (χ4n) is 2.51. The number of halogens is 4. The van der Waals surface area contributed by atoms with Gasteiger partial charge in [-0.05, 0) is 30.3 Å². The number of hydrogen-bond donors (Lipinski definition) is 2. The summed E-state index contributed by atoms with van der Waals surface area (Å²) in [5.74, 6) is -0.811. The predicted octanol–water partition coefficient (Wildman–Crippen LogP) is 3.00. The fourth-order valence-corrected chi connectivity index (χ4v) is 2.67. The van der Waals surface area contributed by atoms with E-state index in [4.69, 9.17) is 11.6 Å². The highest BCUT2D eigenvalue weighted by Crippen LogP contribution is 2.33. The van der Waals surface area contributed by atoms with Crippen molar-refractivity contribution in [3.05, 3.63) is 73.8 Å². The number of hydrogen-bond acceptors (Lipinski definition) is 3. The Morgan fingerprint density at radius 2 is 1.85 bits per heavy atom. The summed E-state index contributed by atoms with van der Waals surface area (Å²) in [6.07, 6.45) is -4.61. The Balaban J connectivity index is 1.94. The maximum Gasteiger partial charge on any atom is 0.416 e. The van der Waals surface area contributed by atoms with E-state index in [1.54, 1.807) is 18.2 Å². The van der Waals surface area contributed by atoms with E-state index in [9.17, 15) is 27.6 Å². The molecule has 1 aromatic heterocycles. The number of fused-ring (bicyclic) bond motifs is 1. The van der Waals surface area contributed by atoms with E-state index < -0.39 is 35.3 Å². The van der Waals surface area contributed by atoms with Crippen molar-refractivity contribution in [2.45, 2.75) is 12.7 Å². The van der Waals surface area contributed by atoms with Crippen LogP contribution in [0.5, 0.6) is 0 Å². The number of H-pyrrole nitrogens is 1. The number of aromatic nitrogens is 2. The third kappa shape index (κ3) is 3.87. The second-order valence-corrected chi connectivity index (χ2v) is 6.01. The van der Waals surface area contributed by atoms with Gasteiger partial charge < -0.3 is 10.3 Å². The third-order valence-corrected chi connectivity index (χ3v) is 4.08. The summed E-state index contributed by atoms with van der Waals surface area (Å²) < 4.78 is 39.4. The summed E-state index contributed by atoms with van der Waals surface area (Å²) in [7, 11) is 0. The van der Waals surface area contributed by atoms with Crippen LogP contribution >= 0.6 is 11.6 Å². The number of benzene rings is 2. The topological polar surface area (TPSA) is 84.0 Å². The Bertz CT molecular complexity index is 1150. The summed E-state index contributed by atoms with van der Waals surface area (Å²) in [5, 5.41) is 2.14. The van der Waals surface area contributed by atoms with Gasteiger partial charge in [0.25, 0.3) is 0 Å². The van der Waals surface area contributed by atoms with Gasteiger partial charge in [0.05, 0.1) is 27.3 Å². The smallest absolute Gasteiger partial charge is 0.323 e. The van der Waals surface area contributed by atoms with E-state index in [-0.39, 0.29) is 10.7 Å². The van der Waals surface area contributed by atoms with Gasteiger partial charge in [-0.1, -0.05) is 23.7 Å². The van der Waals surface area contributed by atoms with Crippen molar-refractivity contribution in [1.82, 2.24) is 9.55 Å². The van der Waals surface area contributed by atoms with Crippen LogP contribution in [-0.4, -0.2) is 15.5 Å². The normalized spacial score (nSPS) is 11.6. The van der Waals surface area contributed by atoms with Gasteiger partial charge in [-0.2, -0.15) is 13.2 Å². The zero-order valence-electron chi connectivity index (χ0n) is 13.4. The predicted molar refractivity (Wildman–Crippen MR) is 93.9 cm³/mol. The highest BCUT2D eigenvalue weighted by Gasteiger charge is 2.31. The highest BCUT2D eigenvalue weighted by atomic mass is 35.5. The first kappa shape index (κ1) is 18.7. The number of nitrogens with one attached hydrogen (secondary N) is 2. The molecule has 140 valence electrons.